The third-order valence-corrected chi connectivity index (χ3v) is 3.34. The molecule has 0 amide bonds. The molecule has 0 radical (unpaired) electrons. The summed E-state index contributed by atoms with van der Waals surface area (Å²) in [6.45, 7) is 3.10. The van der Waals surface area contributed by atoms with E-state index in [4.69, 9.17) is 0 Å². The molecule has 2 aromatic rings. The zero-order valence-corrected chi connectivity index (χ0v) is 10.0. The number of piperidine rings is 1. The molecule has 3 rings (SSSR count). The standard InChI is InChI=1S/C11H16N6O/c18-11-16-15-10-5-9(14-7-17(10)11)13-6-8-1-3-12-4-2-8/h5,7-8,12-13H,1-4,6H2,(H,16,18). The maximum atomic E-state index is 11.3. The molecule has 0 unspecified atom stereocenters. The number of rotatable bonds is 3. The minimum Gasteiger partial charge on any atom is -0.370 e. The van der Waals surface area contributed by atoms with Crippen LogP contribution < -0.4 is 16.3 Å². The molecule has 0 saturated carbocycles. The molecule has 3 N–H and O–H groups in total. The molecule has 0 aliphatic carbocycles. The minimum atomic E-state index is -0.262. The van der Waals surface area contributed by atoms with Gasteiger partial charge in [-0.15, -0.1) is 0 Å². The van der Waals surface area contributed by atoms with Crippen LogP contribution in [0, 0.1) is 5.92 Å². The smallest absolute Gasteiger partial charge is 0.348 e. The Balaban J connectivity index is 1.68. The summed E-state index contributed by atoms with van der Waals surface area (Å²) in [5.41, 5.74) is 0.324. The SMILES string of the molecule is O=c1[nH]nc2cc(NCC3CCNCC3)ncn12. The molecule has 3 heterocycles. The molecule has 0 aromatic carbocycles. The first-order valence-electron chi connectivity index (χ1n) is 6.20. The van der Waals surface area contributed by atoms with E-state index < -0.39 is 0 Å². The van der Waals surface area contributed by atoms with Gasteiger partial charge in [0.15, 0.2) is 5.65 Å². The van der Waals surface area contributed by atoms with E-state index in [0.717, 1.165) is 25.5 Å². The second-order valence-electron chi connectivity index (χ2n) is 4.61. The van der Waals surface area contributed by atoms with Crippen LogP contribution in [-0.4, -0.2) is 39.2 Å². The van der Waals surface area contributed by atoms with Crippen molar-refractivity contribution in [3.63, 3.8) is 0 Å². The van der Waals surface area contributed by atoms with Gasteiger partial charge < -0.3 is 10.6 Å². The average molecular weight is 248 g/mol. The van der Waals surface area contributed by atoms with Crippen molar-refractivity contribution in [3.05, 3.63) is 22.9 Å². The molecular weight excluding hydrogens is 232 g/mol. The second kappa shape index (κ2) is 4.77. The van der Waals surface area contributed by atoms with Crippen LogP contribution in [0.4, 0.5) is 5.82 Å². The highest BCUT2D eigenvalue weighted by Crippen LogP contribution is 2.13. The van der Waals surface area contributed by atoms with Crippen molar-refractivity contribution in [2.45, 2.75) is 12.8 Å². The van der Waals surface area contributed by atoms with Crippen LogP contribution in [0.15, 0.2) is 17.2 Å². The number of nitrogens with one attached hydrogen (secondary N) is 3. The number of anilines is 1. The average Bonchev–Trinajstić information content (AvgIpc) is 2.79. The number of fused-ring (bicyclic) bond motifs is 1. The fraction of sp³-hybridized carbons (Fsp3) is 0.545. The fourth-order valence-electron chi connectivity index (χ4n) is 2.24. The van der Waals surface area contributed by atoms with E-state index in [9.17, 15) is 4.79 Å². The van der Waals surface area contributed by atoms with Gasteiger partial charge in [0, 0.05) is 12.6 Å². The molecule has 0 bridgehead atoms. The number of nitrogens with zero attached hydrogens (tertiary/aromatic N) is 3. The Morgan fingerprint density at radius 1 is 1.44 bits per heavy atom. The van der Waals surface area contributed by atoms with Crippen molar-refractivity contribution in [2.75, 3.05) is 25.0 Å². The maximum absolute atomic E-state index is 11.3. The maximum Gasteiger partial charge on any atom is 0.348 e. The Morgan fingerprint density at radius 3 is 3.11 bits per heavy atom. The minimum absolute atomic E-state index is 0.262. The lowest BCUT2D eigenvalue weighted by molar-refractivity contribution is 0.389. The highest BCUT2D eigenvalue weighted by Gasteiger charge is 2.12. The Kier molecular flexibility index (Phi) is 2.97. The molecule has 1 aliphatic heterocycles. The molecule has 0 atom stereocenters. The van der Waals surface area contributed by atoms with Crippen molar-refractivity contribution >= 4 is 11.5 Å². The Labute approximate surface area is 104 Å². The zero-order valence-electron chi connectivity index (χ0n) is 10.0. The third-order valence-electron chi connectivity index (χ3n) is 3.34. The third kappa shape index (κ3) is 2.21. The van der Waals surface area contributed by atoms with Gasteiger partial charge in [0.1, 0.15) is 12.1 Å². The molecule has 1 saturated heterocycles. The monoisotopic (exact) mass is 248 g/mol. The molecule has 7 heteroatoms. The Morgan fingerprint density at radius 2 is 2.28 bits per heavy atom. The molecule has 2 aromatic heterocycles. The van der Waals surface area contributed by atoms with Crippen LogP contribution in [-0.2, 0) is 0 Å². The molecule has 0 spiro atoms. The first-order valence-corrected chi connectivity index (χ1v) is 6.20. The molecule has 1 fully saturated rings. The summed E-state index contributed by atoms with van der Waals surface area (Å²) >= 11 is 0. The van der Waals surface area contributed by atoms with Gasteiger partial charge in [0.2, 0.25) is 0 Å². The highest BCUT2D eigenvalue weighted by molar-refractivity contribution is 5.48. The largest absolute Gasteiger partial charge is 0.370 e. The first-order chi connectivity index (χ1) is 8.83. The van der Waals surface area contributed by atoms with Crippen LogP contribution in [0.25, 0.3) is 5.65 Å². The van der Waals surface area contributed by atoms with Crippen molar-refractivity contribution in [3.8, 4) is 0 Å². The summed E-state index contributed by atoms with van der Waals surface area (Å²) in [5, 5.41) is 13.0. The van der Waals surface area contributed by atoms with Crippen molar-refractivity contribution < 1.29 is 0 Å². The van der Waals surface area contributed by atoms with E-state index in [1.54, 1.807) is 6.07 Å². The summed E-state index contributed by atoms with van der Waals surface area (Å²) in [7, 11) is 0. The van der Waals surface area contributed by atoms with Gasteiger partial charge in [-0.3, -0.25) is 0 Å². The lowest BCUT2D eigenvalue weighted by atomic mass is 9.98. The number of hydrogen-bond acceptors (Lipinski definition) is 5. The second-order valence-corrected chi connectivity index (χ2v) is 4.61. The van der Waals surface area contributed by atoms with Gasteiger partial charge in [-0.2, -0.15) is 5.10 Å². The predicted octanol–water partition coefficient (Wildman–Crippen LogP) is -0.171. The fourth-order valence-corrected chi connectivity index (χ4v) is 2.24. The van der Waals surface area contributed by atoms with E-state index in [-0.39, 0.29) is 5.69 Å². The molecule has 96 valence electrons. The summed E-state index contributed by atoms with van der Waals surface area (Å²) in [6.07, 6.45) is 3.88. The lowest BCUT2D eigenvalue weighted by Crippen LogP contribution is -2.31. The Hall–Kier alpha value is -1.89. The van der Waals surface area contributed by atoms with Crippen LogP contribution in [0.3, 0.4) is 0 Å². The van der Waals surface area contributed by atoms with Crippen LogP contribution in [0.1, 0.15) is 12.8 Å². The molecule has 7 nitrogen and oxygen atoms in total. The molecule has 1 aliphatic rings. The van der Waals surface area contributed by atoms with E-state index >= 15 is 0 Å². The number of aromatic nitrogens is 4. The van der Waals surface area contributed by atoms with E-state index in [2.05, 4.69) is 25.8 Å². The normalized spacial score (nSPS) is 17.1. The van der Waals surface area contributed by atoms with E-state index in [1.165, 1.54) is 23.6 Å². The van der Waals surface area contributed by atoms with Crippen molar-refractivity contribution in [2.24, 2.45) is 5.92 Å². The van der Waals surface area contributed by atoms with Gasteiger partial charge in [-0.1, -0.05) is 0 Å². The predicted molar refractivity (Wildman–Crippen MR) is 67.7 cm³/mol. The van der Waals surface area contributed by atoms with Gasteiger partial charge >= 0.3 is 5.69 Å². The molecule has 18 heavy (non-hydrogen) atoms. The summed E-state index contributed by atoms with van der Waals surface area (Å²) < 4.78 is 1.38. The van der Waals surface area contributed by atoms with Crippen molar-refractivity contribution in [1.29, 1.82) is 0 Å². The number of hydrogen-bond donors (Lipinski definition) is 3. The zero-order chi connectivity index (χ0) is 12.4. The lowest BCUT2D eigenvalue weighted by Gasteiger charge is -2.22. The topological polar surface area (TPSA) is 87.1 Å². The van der Waals surface area contributed by atoms with Crippen LogP contribution >= 0.6 is 0 Å². The van der Waals surface area contributed by atoms with Crippen LogP contribution in [0.2, 0.25) is 0 Å². The highest BCUT2D eigenvalue weighted by atomic mass is 16.1. The van der Waals surface area contributed by atoms with E-state index in [0.29, 0.717) is 11.6 Å². The van der Waals surface area contributed by atoms with Gasteiger partial charge in [0.05, 0.1) is 0 Å². The van der Waals surface area contributed by atoms with Gasteiger partial charge in [-0.25, -0.2) is 19.3 Å². The quantitative estimate of drug-likeness (QED) is 0.702. The summed E-state index contributed by atoms with van der Waals surface area (Å²) in [4.78, 5) is 15.5. The van der Waals surface area contributed by atoms with Gasteiger partial charge in [0.25, 0.3) is 0 Å². The molecular formula is C11H16N6O. The van der Waals surface area contributed by atoms with Crippen molar-refractivity contribution in [1.82, 2.24) is 24.9 Å². The Bertz CT molecular complexity index is 582. The van der Waals surface area contributed by atoms with E-state index in [1.807, 2.05) is 0 Å². The summed E-state index contributed by atoms with van der Waals surface area (Å²) in [6, 6.07) is 1.78. The van der Waals surface area contributed by atoms with Gasteiger partial charge in [-0.05, 0) is 31.8 Å². The van der Waals surface area contributed by atoms with Crippen LogP contribution in [0.5, 0.6) is 0 Å². The number of aromatic amines is 1. The summed E-state index contributed by atoms with van der Waals surface area (Å²) in [5.74, 6) is 1.45. The first kappa shape index (κ1) is 11.2. The number of H-pyrrole nitrogens is 1.